The van der Waals surface area contributed by atoms with Crippen LogP contribution in [0.2, 0.25) is 0 Å². The highest BCUT2D eigenvalue weighted by Crippen LogP contribution is 2.24. The van der Waals surface area contributed by atoms with Crippen molar-refractivity contribution in [3.05, 3.63) is 39.7 Å². The molecule has 0 aromatic heterocycles. The first-order valence-corrected chi connectivity index (χ1v) is 3.72. The Bertz CT molecular complexity index is 339. The van der Waals surface area contributed by atoms with Crippen molar-refractivity contribution >= 4 is 5.69 Å². The van der Waals surface area contributed by atoms with Gasteiger partial charge in [-0.05, 0) is 19.1 Å². The highest BCUT2D eigenvalue weighted by atomic mass is 19.1. The van der Waals surface area contributed by atoms with Crippen LogP contribution in [0.4, 0.5) is 10.1 Å². The van der Waals surface area contributed by atoms with E-state index in [0.29, 0.717) is 5.56 Å². The fourth-order valence-electron chi connectivity index (χ4n) is 1.06. The third kappa shape index (κ3) is 2.00. The zero-order chi connectivity index (χ0) is 10.0. The quantitative estimate of drug-likeness (QED) is 0.562. The van der Waals surface area contributed by atoms with E-state index in [-0.39, 0.29) is 5.69 Å². The van der Waals surface area contributed by atoms with Gasteiger partial charge in [0.1, 0.15) is 5.82 Å². The Morgan fingerprint density at radius 2 is 2.23 bits per heavy atom. The second-order valence-electron chi connectivity index (χ2n) is 2.75. The number of nitro benzene ring substituents is 1. The molecule has 0 bridgehead atoms. The molecule has 0 aliphatic heterocycles. The molecule has 70 valence electrons. The lowest BCUT2D eigenvalue weighted by Crippen LogP contribution is -2.08. The Balaban J connectivity index is 3.27. The van der Waals surface area contributed by atoms with E-state index in [1.807, 2.05) is 0 Å². The van der Waals surface area contributed by atoms with Gasteiger partial charge in [0.15, 0.2) is 0 Å². The molecule has 2 N–H and O–H groups in total. The largest absolute Gasteiger partial charge is 0.324 e. The normalized spacial score (nSPS) is 12.5. The van der Waals surface area contributed by atoms with Gasteiger partial charge in [-0.3, -0.25) is 10.1 Å². The summed E-state index contributed by atoms with van der Waals surface area (Å²) in [6, 6.07) is 2.89. The molecule has 0 saturated heterocycles. The minimum absolute atomic E-state index is 0.269. The van der Waals surface area contributed by atoms with Gasteiger partial charge >= 0.3 is 0 Å². The summed E-state index contributed by atoms with van der Waals surface area (Å²) in [4.78, 5) is 9.82. The number of rotatable bonds is 2. The minimum Gasteiger partial charge on any atom is -0.324 e. The molecule has 5 heteroatoms. The topological polar surface area (TPSA) is 69.2 Å². The maximum Gasteiger partial charge on any atom is 0.277 e. The van der Waals surface area contributed by atoms with Gasteiger partial charge in [-0.25, -0.2) is 4.39 Å². The molecule has 0 aliphatic carbocycles. The van der Waals surface area contributed by atoms with Crippen LogP contribution in [0.1, 0.15) is 18.5 Å². The molecule has 0 radical (unpaired) electrons. The molecule has 0 aliphatic rings. The van der Waals surface area contributed by atoms with Crippen molar-refractivity contribution in [2.45, 2.75) is 13.0 Å². The first kappa shape index (κ1) is 9.60. The van der Waals surface area contributed by atoms with E-state index >= 15 is 0 Å². The van der Waals surface area contributed by atoms with Gasteiger partial charge in [0.25, 0.3) is 5.69 Å². The Labute approximate surface area is 74.3 Å². The second kappa shape index (κ2) is 3.49. The molecule has 1 rings (SSSR count). The summed E-state index contributed by atoms with van der Waals surface area (Å²) in [5.74, 6) is -0.629. The van der Waals surface area contributed by atoms with Crippen LogP contribution in [0, 0.1) is 15.9 Å². The van der Waals surface area contributed by atoms with Crippen LogP contribution in [-0.4, -0.2) is 4.92 Å². The molecular formula is C8H9FN2O2. The number of nitro groups is 1. The lowest BCUT2D eigenvalue weighted by Gasteiger charge is -2.05. The first-order valence-electron chi connectivity index (χ1n) is 3.72. The van der Waals surface area contributed by atoms with E-state index in [2.05, 4.69) is 0 Å². The fourth-order valence-corrected chi connectivity index (χ4v) is 1.06. The fraction of sp³-hybridized carbons (Fsp3) is 0.250. The molecule has 1 atom stereocenters. The van der Waals surface area contributed by atoms with Gasteiger partial charge in [0.2, 0.25) is 0 Å². The molecule has 0 spiro atoms. The van der Waals surface area contributed by atoms with E-state index in [4.69, 9.17) is 5.73 Å². The van der Waals surface area contributed by atoms with Gasteiger partial charge in [-0.2, -0.15) is 0 Å². The summed E-state index contributed by atoms with van der Waals surface area (Å²) in [5, 5.41) is 10.5. The van der Waals surface area contributed by atoms with Crippen LogP contribution in [0.3, 0.4) is 0 Å². The van der Waals surface area contributed by atoms with Crippen molar-refractivity contribution in [3.63, 3.8) is 0 Å². The number of benzene rings is 1. The Morgan fingerprint density at radius 3 is 2.69 bits per heavy atom. The third-order valence-electron chi connectivity index (χ3n) is 1.68. The molecule has 0 fully saturated rings. The maximum absolute atomic E-state index is 12.6. The van der Waals surface area contributed by atoms with E-state index in [1.165, 1.54) is 6.07 Å². The van der Waals surface area contributed by atoms with E-state index < -0.39 is 16.8 Å². The summed E-state index contributed by atoms with van der Waals surface area (Å²) in [6.07, 6.45) is 0. The number of nitrogens with two attached hydrogens (primary N) is 1. The molecule has 4 nitrogen and oxygen atoms in total. The average molecular weight is 184 g/mol. The van der Waals surface area contributed by atoms with Crippen LogP contribution in [0.25, 0.3) is 0 Å². The molecular weight excluding hydrogens is 175 g/mol. The molecule has 0 unspecified atom stereocenters. The average Bonchev–Trinajstić information content (AvgIpc) is 2.03. The number of nitrogens with zero attached hydrogens (tertiary/aromatic N) is 1. The second-order valence-corrected chi connectivity index (χ2v) is 2.75. The molecule has 0 saturated carbocycles. The Morgan fingerprint density at radius 1 is 1.62 bits per heavy atom. The van der Waals surface area contributed by atoms with Gasteiger partial charge in [-0.15, -0.1) is 0 Å². The molecule has 0 amide bonds. The van der Waals surface area contributed by atoms with Crippen molar-refractivity contribution < 1.29 is 9.31 Å². The summed E-state index contributed by atoms with van der Waals surface area (Å²) in [6.45, 7) is 1.61. The van der Waals surface area contributed by atoms with E-state index in [9.17, 15) is 14.5 Å². The van der Waals surface area contributed by atoms with Crippen molar-refractivity contribution in [1.82, 2.24) is 0 Å². The highest BCUT2D eigenvalue weighted by molar-refractivity contribution is 5.42. The minimum atomic E-state index is -0.637. The van der Waals surface area contributed by atoms with Gasteiger partial charge in [0.05, 0.1) is 11.0 Å². The predicted molar refractivity (Wildman–Crippen MR) is 45.7 cm³/mol. The summed E-state index contributed by atoms with van der Waals surface area (Å²) in [7, 11) is 0. The van der Waals surface area contributed by atoms with Gasteiger partial charge in [0, 0.05) is 11.6 Å². The zero-order valence-corrected chi connectivity index (χ0v) is 7.03. The highest BCUT2D eigenvalue weighted by Gasteiger charge is 2.16. The summed E-state index contributed by atoms with van der Waals surface area (Å²) in [5.41, 5.74) is 5.55. The first-order chi connectivity index (χ1) is 6.02. The number of hydrogen-bond donors (Lipinski definition) is 1. The maximum atomic E-state index is 12.6. The molecule has 13 heavy (non-hydrogen) atoms. The van der Waals surface area contributed by atoms with Crippen LogP contribution < -0.4 is 5.73 Å². The lowest BCUT2D eigenvalue weighted by atomic mass is 10.1. The Kier molecular flexibility index (Phi) is 2.57. The van der Waals surface area contributed by atoms with Crippen molar-refractivity contribution in [2.75, 3.05) is 0 Å². The standard InChI is InChI=1S/C8H9FN2O2/c1-5(10)7-3-2-6(9)4-8(7)11(12)13/h2-5H,10H2,1H3/t5-/m0/s1. The predicted octanol–water partition coefficient (Wildman–Crippen LogP) is 1.75. The van der Waals surface area contributed by atoms with Crippen molar-refractivity contribution in [3.8, 4) is 0 Å². The monoisotopic (exact) mass is 184 g/mol. The SMILES string of the molecule is C[C@H](N)c1ccc(F)cc1[N+](=O)[O-]. The summed E-state index contributed by atoms with van der Waals surface area (Å²) >= 11 is 0. The number of halogens is 1. The van der Waals surface area contributed by atoms with Crippen LogP contribution in [0.15, 0.2) is 18.2 Å². The van der Waals surface area contributed by atoms with Gasteiger partial charge < -0.3 is 5.73 Å². The zero-order valence-electron chi connectivity index (χ0n) is 7.03. The third-order valence-corrected chi connectivity index (χ3v) is 1.68. The van der Waals surface area contributed by atoms with Gasteiger partial charge in [-0.1, -0.05) is 0 Å². The molecule has 1 aromatic carbocycles. The van der Waals surface area contributed by atoms with Crippen molar-refractivity contribution in [1.29, 1.82) is 0 Å². The van der Waals surface area contributed by atoms with Crippen LogP contribution >= 0.6 is 0 Å². The molecule has 1 aromatic rings. The lowest BCUT2D eigenvalue weighted by molar-refractivity contribution is -0.385. The number of hydrogen-bond acceptors (Lipinski definition) is 3. The van der Waals surface area contributed by atoms with Crippen molar-refractivity contribution in [2.24, 2.45) is 5.73 Å². The van der Waals surface area contributed by atoms with E-state index in [1.54, 1.807) is 6.92 Å². The Hall–Kier alpha value is -1.49. The van der Waals surface area contributed by atoms with E-state index in [0.717, 1.165) is 12.1 Å². The smallest absolute Gasteiger partial charge is 0.277 e. The molecule has 0 heterocycles. The summed E-state index contributed by atoms with van der Waals surface area (Å²) < 4.78 is 12.6. The van der Waals surface area contributed by atoms with Crippen LogP contribution in [-0.2, 0) is 0 Å². The van der Waals surface area contributed by atoms with Crippen LogP contribution in [0.5, 0.6) is 0 Å².